The Bertz CT molecular complexity index is 475. The summed E-state index contributed by atoms with van der Waals surface area (Å²) in [7, 11) is 0. The van der Waals surface area contributed by atoms with E-state index < -0.39 is 0 Å². The molecule has 0 saturated carbocycles. The number of aryl methyl sites for hydroxylation is 1. The molecule has 5 nitrogen and oxygen atoms in total. The second-order valence-corrected chi connectivity index (χ2v) is 3.90. The molecule has 1 unspecified atom stereocenters. The molecule has 0 aliphatic heterocycles. The van der Waals surface area contributed by atoms with Crippen LogP contribution in [-0.2, 0) is 6.54 Å². The Kier molecular flexibility index (Phi) is 2.96. The van der Waals surface area contributed by atoms with Crippen molar-refractivity contribution in [2.45, 2.75) is 26.4 Å². The molecule has 1 atom stereocenters. The zero-order valence-corrected chi connectivity index (χ0v) is 9.46. The smallest absolute Gasteiger partial charge is 0.0991 e. The fourth-order valence-electron chi connectivity index (χ4n) is 1.45. The summed E-state index contributed by atoms with van der Waals surface area (Å²) in [4.78, 5) is 4.40. The summed E-state index contributed by atoms with van der Waals surface area (Å²) < 4.78 is 1.75. The van der Waals surface area contributed by atoms with Crippen LogP contribution in [0.1, 0.15) is 30.0 Å². The van der Waals surface area contributed by atoms with Crippen LogP contribution >= 0.6 is 0 Å². The quantitative estimate of drug-likeness (QED) is 0.834. The fraction of sp³-hybridized carbons (Fsp3) is 0.364. The highest BCUT2D eigenvalue weighted by Gasteiger charge is 2.05. The van der Waals surface area contributed by atoms with Crippen molar-refractivity contribution in [3.05, 3.63) is 41.5 Å². The normalized spacial score (nSPS) is 12.7. The summed E-state index contributed by atoms with van der Waals surface area (Å²) in [6.45, 7) is 4.49. The molecule has 2 N–H and O–H groups in total. The zero-order chi connectivity index (χ0) is 11.5. The van der Waals surface area contributed by atoms with E-state index in [0.29, 0.717) is 6.54 Å². The molecule has 2 aromatic heterocycles. The molecule has 2 aromatic rings. The second-order valence-electron chi connectivity index (χ2n) is 3.90. The highest BCUT2D eigenvalue weighted by Crippen LogP contribution is 2.05. The lowest BCUT2D eigenvalue weighted by Crippen LogP contribution is -2.05. The van der Waals surface area contributed by atoms with Gasteiger partial charge in [0.2, 0.25) is 0 Å². The van der Waals surface area contributed by atoms with E-state index in [1.54, 1.807) is 4.68 Å². The van der Waals surface area contributed by atoms with Crippen LogP contribution in [0, 0.1) is 6.92 Å². The lowest BCUT2D eigenvalue weighted by Gasteiger charge is -2.01. The summed E-state index contributed by atoms with van der Waals surface area (Å²) in [6, 6.07) is 5.85. The number of hydrogen-bond donors (Lipinski definition) is 1. The van der Waals surface area contributed by atoms with E-state index in [1.807, 2.05) is 38.2 Å². The van der Waals surface area contributed by atoms with Crippen LogP contribution in [0.4, 0.5) is 0 Å². The van der Waals surface area contributed by atoms with Gasteiger partial charge in [-0.1, -0.05) is 11.3 Å². The molecule has 2 heterocycles. The van der Waals surface area contributed by atoms with Gasteiger partial charge in [0.05, 0.1) is 24.1 Å². The molecule has 0 spiro atoms. The molecule has 0 aromatic carbocycles. The largest absolute Gasteiger partial charge is 0.323 e. The standard InChI is InChI=1S/C11H15N5/c1-8-4-3-5-10(13-8)6-16-7-11(9(2)12)14-15-16/h3-5,7,9H,6,12H2,1-2H3. The van der Waals surface area contributed by atoms with Gasteiger partial charge in [-0.3, -0.25) is 4.98 Å². The van der Waals surface area contributed by atoms with Gasteiger partial charge in [0.25, 0.3) is 0 Å². The van der Waals surface area contributed by atoms with Crippen LogP contribution in [0.3, 0.4) is 0 Å². The number of nitrogens with zero attached hydrogens (tertiary/aromatic N) is 4. The molecule has 5 heteroatoms. The average Bonchev–Trinajstić information content (AvgIpc) is 2.66. The zero-order valence-electron chi connectivity index (χ0n) is 9.46. The van der Waals surface area contributed by atoms with Crippen LogP contribution in [0.25, 0.3) is 0 Å². The molecule has 0 saturated heterocycles. The molecule has 16 heavy (non-hydrogen) atoms. The average molecular weight is 217 g/mol. The molecular weight excluding hydrogens is 202 g/mol. The third kappa shape index (κ3) is 2.43. The minimum atomic E-state index is -0.0841. The Balaban J connectivity index is 2.14. The van der Waals surface area contributed by atoms with Crippen LogP contribution in [0.2, 0.25) is 0 Å². The Labute approximate surface area is 94.3 Å². The van der Waals surface area contributed by atoms with Crippen LogP contribution in [-0.4, -0.2) is 20.0 Å². The molecular formula is C11H15N5. The first-order valence-electron chi connectivity index (χ1n) is 5.23. The van der Waals surface area contributed by atoms with Gasteiger partial charge in [0.15, 0.2) is 0 Å². The van der Waals surface area contributed by atoms with Gasteiger partial charge < -0.3 is 5.73 Å². The maximum atomic E-state index is 5.71. The summed E-state index contributed by atoms with van der Waals surface area (Å²) >= 11 is 0. The molecule has 0 aliphatic carbocycles. The van der Waals surface area contributed by atoms with Gasteiger partial charge in [-0.15, -0.1) is 5.10 Å². The first-order valence-corrected chi connectivity index (χ1v) is 5.23. The summed E-state index contributed by atoms with van der Waals surface area (Å²) in [6.07, 6.45) is 1.86. The van der Waals surface area contributed by atoms with E-state index in [9.17, 15) is 0 Å². The van der Waals surface area contributed by atoms with E-state index in [1.165, 1.54) is 0 Å². The van der Waals surface area contributed by atoms with Crippen LogP contribution in [0.5, 0.6) is 0 Å². The maximum absolute atomic E-state index is 5.71. The predicted molar refractivity (Wildman–Crippen MR) is 60.7 cm³/mol. The third-order valence-corrected chi connectivity index (χ3v) is 2.29. The molecule has 0 bridgehead atoms. The van der Waals surface area contributed by atoms with Gasteiger partial charge in [-0.25, -0.2) is 4.68 Å². The highest BCUT2D eigenvalue weighted by atomic mass is 15.4. The number of pyridine rings is 1. The number of rotatable bonds is 3. The van der Waals surface area contributed by atoms with E-state index >= 15 is 0 Å². The lowest BCUT2D eigenvalue weighted by atomic mass is 10.3. The van der Waals surface area contributed by atoms with Crippen molar-refractivity contribution < 1.29 is 0 Å². The SMILES string of the molecule is Cc1cccc(Cn2cc(C(C)N)nn2)n1. The predicted octanol–water partition coefficient (Wildman–Crippen LogP) is 1.05. The molecule has 0 radical (unpaired) electrons. The summed E-state index contributed by atoms with van der Waals surface area (Å²) in [5.41, 5.74) is 8.49. The minimum Gasteiger partial charge on any atom is -0.323 e. The number of aromatic nitrogens is 4. The first kappa shape index (κ1) is 10.8. The fourth-order valence-corrected chi connectivity index (χ4v) is 1.45. The molecule has 2 rings (SSSR count). The van der Waals surface area contributed by atoms with Crippen molar-refractivity contribution in [1.29, 1.82) is 0 Å². The minimum absolute atomic E-state index is 0.0841. The van der Waals surface area contributed by atoms with Crippen molar-refractivity contribution in [2.24, 2.45) is 5.73 Å². The van der Waals surface area contributed by atoms with Crippen LogP contribution in [0.15, 0.2) is 24.4 Å². The van der Waals surface area contributed by atoms with E-state index in [-0.39, 0.29) is 6.04 Å². The Hall–Kier alpha value is -1.75. The van der Waals surface area contributed by atoms with Crippen molar-refractivity contribution in [3.8, 4) is 0 Å². The van der Waals surface area contributed by atoms with Crippen molar-refractivity contribution in [3.63, 3.8) is 0 Å². The second kappa shape index (κ2) is 4.40. The van der Waals surface area contributed by atoms with Crippen molar-refractivity contribution in [1.82, 2.24) is 20.0 Å². The number of hydrogen-bond acceptors (Lipinski definition) is 4. The Morgan fingerprint density at radius 3 is 2.88 bits per heavy atom. The van der Waals surface area contributed by atoms with E-state index in [0.717, 1.165) is 17.1 Å². The van der Waals surface area contributed by atoms with Crippen LogP contribution < -0.4 is 5.73 Å². The summed E-state index contributed by atoms with van der Waals surface area (Å²) in [5.74, 6) is 0. The Morgan fingerprint density at radius 2 is 2.25 bits per heavy atom. The van der Waals surface area contributed by atoms with Gasteiger partial charge >= 0.3 is 0 Å². The van der Waals surface area contributed by atoms with E-state index in [2.05, 4.69) is 15.3 Å². The van der Waals surface area contributed by atoms with Crippen molar-refractivity contribution >= 4 is 0 Å². The van der Waals surface area contributed by atoms with Gasteiger partial charge in [0.1, 0.15) is 0 Å². The molecule has 84 valence electrons. The molecule has 0 aliphatic rings. The highest BCUT2D eigenvalue weighted by molar-refractivity contribution is 5.10. The number of nitrogens with two attached hydrogens (primary N) is 1. The van der Waals surface area contributed by atoms with Gasteiger partial charge in [0, 0.05) is 11.7 Å². The summed E-state index contributed by atoms with van der Waals surface area (Å²) in [5, 5.41) is 8.00. The van der Waals surface area contributed by atoms with Crippen molar-refractivity contribution in [2.75, 3.05) is 0 Å². The Morgan fingerprint density at radius 1 is 1.44 bits per heavy atom. The third-order valence-electron chi connectivity index (χ3n) is 2.29. The monoisotopic (exact) mass is 217 g/mol. The maximum Gasteiger partial charge on any atom is 0.0991 e. The topological polar surface area (TPSA) is 69.6 Å². The molecule has 0 fully saturated rings. The first-order chi connectivity index (χ1) is 7.65. The van der Waals surface area contributed by atoms with E-state index in [4.69, 9.17) is 5.73 Å². The van der Waals surface area contributed by atoms with Gasteiger partial charge in [-0.05, 0) is 26.0 Å². The van der Waals surface area contributed by atoms with Gasteiger partial charge in [-0.2, -0.15) is 0 Å². The molecule has 0 amide bonds. The lowest BCUT2D eigenvalue weighted by molar-refractivity contribution is 0.636.